The van der Waals surface area contributed by atoms with Crippen LogP contribution in [0, 0.1) is 5.41 Å². The molecule has 0 fully saturated rings. The Kier molecular flexibility index (Phi) is 4.24. The van der Waals surface area contributed by atoms with Crippen LogP contribution >= 0.6 is 0 Å². The zero-order chi connectivity index (χ0) is 9.78. The summed E-state index contributed by atoms with van der Waals surface area (Å²) in [6, 6.07) is 0. The van der Waals surface area contributed by atoms with Crippen molar-refractivity contribution in [1.82, 2.24) is 0 Å². The Bertz CT molecular complexity index is 152. The maximum atomic E-state index is 10.7. The molecule has 0 radical (unpaired) electrons. The maximum absolute atomic E-state index is 10.7. The first-order chi connectivity index (χ1) is 5.45. The molecule has 0 spiro atoms. The number of carboxylic acids is 1. The second-order valence-corrected chi connectivity index (χ2v) is 3.69. The Morgan fingerprint density at radius 2 is 2.08 bits per heavy atom. The van der Waals surface area contributed by atoms with Crippen LogP contribution < -0.4 is 0 Å². The van der Waals surface area contributed by atoms with Crippen molar-refractivity contribution in [2.75, 3.05) is 7.11 Å². The molecule has 0 aromatic carbocycles. The molecule has 0 rings (SSSR count). The molecular formula is C9H18O3. The van der Waals surface area contributed by atoms with Crippen molar-refractivity contribution in [3.8, 4) is 0 Å². The Hall–Kier alpha value is -0.570. The van der Waals surface area contributed by atoms with Gasteiger partial charge in [0.05, 0.1) is 0 Å². The highest BCUT2D eigenvalue weighted by Crippen LogP contribution is 2.28. The number of methoxy groups -OCH3 is 1. The second kappa shape index (κ2) is 4.45. The summed E-state index contributed by atoms with van der Waals surface area (Å²) in [5, 5.41) is 8.81. The van der Waals surface area contributed by atoms with Crippen molar-refractivity contribution in [2.45, 2.75) is 39.7 Å². The fourth-order valence-corrected chi connectivity index (χ4v) is 1.53. The number of carbonyl (C=O) groups is 1. The molecule has 72 valence electrons. The third kappa shape index (κ3) is 2.81. The summed E-state index contributed by atoms with van der Waals surface area (Å²) >= 11 is 0. The van der Waals surface area contributed by atoms with Gasteiger partial charge in [-0.15, -0.1) is 0 Å². The number of hydrogen-bond acceptors (Lipinski definition) is 2. The first-order valence-electron chi connectivity index (χ1n) is 4.21. The first kappa shape index (κ1) is 11.4. The van der Waals surface area contributed by atoms with Gasteiger partial charge in [0.1, 0.15) is 0 Å². The Morgan fingerprint density at radius 3 is 2.33 bits per heavy atom. The Balaban J connectivity index is 4.36. The highest BCUT2D eigenvalue weighted by molar-refractivity contribution is 5.73. The lowest BCUT2D eigenvalue weighted by atomic mass is 9.82. The summed E-state index contributed by atoms with van der Waals surface area (Å²) < 4.78 is 4.93. The van der Waals surface area contributed by atoms with E-state index in [1.165, 1.54) is 7.11 Å². The zero-order valence-corrected chi connectivity index (χ0v) is 8.26. The smallest absolute Gasteiger partial charge is 0.333 e. The van der Waals surface area contributed by atoms with Gasteiger partial charge < -0.3 is 9.84 Å². The van der Waals surface area contributed by atoms with Crippen LogP contribution in [0.2, 0.25) is 0 Å². The van der Waals surface area contributed by atoms with Gasteiger partial charge in [-0.1, -0.05) is 27.2 Å². The van der Waals surface area contributed by atoms with Crippen molar-refractivity contribution in [2.24, 2.45) is 5.41 Å². The average Bonchev–Trinajstić information content (AvgIpc) is 1.86. The predicted octanol–water partition coefficient (Wildman–Crippen LogP) is 1.91. The normalized spacial score (nSPS) is 14.3. The van der Waals surface area contributed by atoms with Crippen LogP contribution in [0.15, 0.2) is 0 Å². The fourth-order valence-electron chi connectivity index (χ4n) is 1.53. The molecule has 0 saturated heterocycles. The van der Waals surface area contributed by atoms with E-state index in [-0.39, 0.29) is 5.41 Å². The van der Waals surface area contributed by atoms with E-state index in [1.54, 1.807) is 0 Å². The lowest BCUT2D eigenvalue weighted by Gasteiger charge is -2.29. The van der Waals surface area contributed by atoms with Gasteiger partial charge in [-0.05, 0) is 6.42 Å². The van der Waals surface area contributed by atoms with E-state index in [2.05, 4.69) is 0 Å². The number of aliphatic carboxylic acids is 1. The zero-order valence-electron chi connectivity index (χ0n) is 8.26. The van der Waals surface area contributed by atoms with Crippen LogP contribution in [0.25, 0.3) is 0 Å². The molecular weight excluding hydrogens is 156 g/mol. The van der Waals surface area contributed by atoms with Crippen LogP contribution in [0.4, 0.5) is 0 Å². The number of hydrogen-bond donors (Lipinski definition) is 1. The molecule has 0 saturated carbocycles. The SMILES string of the molecule is CCCC(C)(C)C(OC)C(=O)O. The molecule has 3 heteroatoms. The molecule has 0 aliphatic rings. The minimum absolute atomic E-state index is 0.282. The molecule has 3 nitrogen and oxygen atoms in total. The van der Waals surface area contributed by atoms with Gasteiger partial charge >= 0.3 is 5.97 Å². The van der Waals surface area contributed by atoms with Crippen molar-refractivity contribution in [3.63, 3.8) is 0 Å². The predicted molar refractivity (Wildman–Crippen MR) is 47.1 cm³/mol. The van der Waals surface area contributed by atoms with E-state index >= 15 is 0 Å². The van der Waals surface area contributed by atoms with E-state index < -0.39 is 12.1 Å². The largest absolute Gasteiger partial charge is 0.479 e. The van der Waals surface area contributed by atoms with Crippen LogP contribution in [-0.4, -0.2) is 24.3 Å². The molecule has 0 aliphatic carbocycles. The number of rotatable bonds is 5. The first-order valence-corrected chi connectivity index (χ1v) is 4.21. The van der Waals surface area contributed by atoms with E-state index in [4.69, 9.17) is 9.84 Å². The standard InChI is InChI=1S/C9H18O3/c1-5-6-9(2,3)7(12-4)8(10)11/h7H,5-6H2,1-4H3,(H,10,11). The maximum Gasteiger partial charge on any atom is 0.333 e. The monoisotopic (exact) mass is 174 g/mol. The Morgan fingerprint density at radius 1 is 1.58 bits per heavy atom. The summed E-state index contributed by atoms with van der Waals surface area (Å²) in [5.74, 6) is -0.879. The fraction of sp³-hybridized carbons (Fsp3) is 0.889. The third-order valence-corrected chi connectivity index (χ3v) is 2.06. The van der Waals surface area contributed by atoms with Crippen molar-refractivity contribution < 1.29 is 14.6 Å². The average molecular weight is 174 g/mol. The van der Waals surface area contributed by atoms with Crippen LogP contribution in [0.5, 0.6) is 0 Å². The minimum atomic E-state index is -0.879. The third-order valence-electron chi connectivity index (χ3n) is 2.06. The summed E-state index contributed by atoms with van der Waals surface area (Å²) in [6.07, 6.45) is 1.13. The van der Waals surface area contributed by atoms with Gasteiger partial charge in [0, 0.05) is 12.5 Å². The highest BCUT2D eigenvalue weighted by atomic mass is 16.5. The van der Waals surface area contributed by atoms with E-state index in [0.717, 1.165) is 12.8 Å². The van der Waals surface area contributed by atoms with Gasteiger partial charge in [0.2, 0.25) is 0 Å². The minimum Gasteiger partial charge on any atom is -0.479 e. The lowest BCUT2D eigenvalue weighted by molar-refractivity contribution is -0.156. The molecule has 0 aromatic rings. The molecule has 0 aliphatic heterocycles. The topological polar surface area (TPSA) is 46.5 Å². The number of ether oxygens (including phenoxy) is 1. The second-order valence-electron chi connectivity index (χ2n) is 3.69. The van der Waals surface area contributed by atoms with E-state index in [0.29, 0.717) is 0 Å². The van der Waals surface area contributed by atoms with Crippen molar-refractivity contribution in [3.05, 3.63) is 0 Å². The molecule has 12 heavy (non-hydrogen) atoms. The molecule has 1 N–H and O–H groups in total. The van der Waals surface area contributed by atoms with Gasteiger partial charge in [-0.3, -0.25) is 0 Å². The summed E-state index contributed by atoms with van der Waals surface area (Å²) in [4.78, 5) is 10.7. The number of carboxylic acid groups (broad SMARTS) is 1. The summed E-state index contributed by atoms with van der Waals surface area (Å²) in [7, 11) is 1.44. The summed E-state index contributed by atoms with van der Waals surface area (Å²) in [5.41, 5.74) is -0.282. The lowest BCUT2D eigenvalue weighted by Crippen LogP contribution is -2.38. The van der Waals surface area contributed by atoms with Gasteiger partial charge in [0.15, 0.2) is 6.10 Å². The highest BCUT2D eigenvalue weighted by Gasteiger charge is 2.34. The van der Waals surface area contributed by atoms with Gasteiger partial charge in [-0.25, -0.2) is 4.79 Å². The molecule has 0 heterocycles. The molecule has 0 aromatic heterocycles. The van der Waals surface area contributed by atoms with Crippen LogP contribution in [-0.2, 0) is 9.53 Å². The summed E-state index contributed by atoms with van der Waals surface area (Å²) in [6.45, 7) is 5.87. The van der Waals surface area contributed by atoms with E-state index in [9.17, 15) is 4.79 Å². The molecule has 0 bridgehead atoms. The quantitative estimate of drug-likeness (QED) is 0.692. The Labute approximate surface area is 73.7 Å². The van der Waals surface area contributed by atoms with Crippen molar-refractivity contribution >= 4 is 5.97 Å². The van der Waals surface area contributed by atoms with Crippen LogP contribution in [0.1, 0.15) is 33.6 Å². The van der Waals surface area contributed by atoms with Gasteiger partial charge in [-0.2, -0.15) is 0 Å². The van der Waals surface area contributed by atoms with Gasteiger partial charge in [0.25, 0.3) is 0 Å². The molecule has 0 amide bonds. The molecule has 1 atom stereocenters. The van der Waals surface area contributed by atoms with E-state index in [1.807, 2.05) is 20.8 Å². The van der Waals surface area contributed by atoms with Crippen molar-refractivity contribution in [1.29, 1.82) is 0 Å². The molecule has 1 unspecified atom stereocenters. The van der Waals surface area contributed by atoms with Crippen LogP contribution in [0.3, 0.4) is 0 Å².